The number of hydrogen-bond acceptors (Lipinski definition) is 3. The lowest BCUT2D eigenvalue weighted by molar-refractivity contribution is 0.0993. The largest absolute Gasteiger partial charge is 0.296 e. The molecular weight excluding hydrogens is 286 g/mol. The second kappa shape index (κ2) is 5.50. The molecule has 2 aromatic heterocycles. The van der Waals surface area contributed by atoms with Crippen molar-refractivity contribution in [2.75, 3.05) is 11.9 Å². The monoisotopic (exact) mass is 297 g/mol. The minimum absolute atomic E-state index is 0.172. The summed E-state index contributed by atoms with van der Waals surface area (Å²) in [6.07, 6.45) is 3.30. The zero-order chi connectivity index (χ0) is 14.8. The maximum absolute atomic E-state index is 12.7. The highest BCUT2D eigenvalue weighted by atomic mass is 35.5. The molecule has 0 bridgehead atoms. The fourth-order valence-electron chi connectivity index (χ4n) is 2.15. The van der Waals surface area contributed by atoms with Gasteiger partial charge in [-0.15, -0.1) is 0 Å². The van der Waals surface area contributed by atoms with Gasteiger partial charge in [0.25, 0.3) is 5.91 Å². The van der Waals surface area contributed by atoms with E-state index in [2.05, 4.69) is 9.97 Å². The molecule has 0 atom stereocenters. The lowest BCUT2D eigenvalue weighted by atomic mass is 10.1. The van der Waals surface area contributed by atoms with Crippen molar-refractivity contribution >= 4 is 34.2 Å². The minimum atomic E-state index is -0.172. The molecule has 0 radical (unpaired) electrons. The van der Waals surface area contributed by atoms with Crippen molar-refractivity contribution < 1.29 is 4.79 Å². The predicted molar refractivity (Wildman–Crippen MR) is 83.7 cm³/mol. The molecule has 5 heteroatoms. The lowest BCUT2D eigenvalue weighted by Crippen LogP contribution is -2.27. The van der Waals surface area contributed by atoms with E-state index in [0.29, 0.717) is 21.9 Å². The second-order valence-corrected chi connectivity index (χ2v) is 4.95. The van der Waals surface area contributed by atoms with Gasteiger partial charge >= 0.3 is 0 Å². The third-order valence-corrected chi connectivity index (χ3v) is 3.57. The quantitative estimate of drug-likeness (QED) is 0.726. The average Bonchev–Trinajstić information content (AvgIpc) is 2.55. The first kappa shape index (κ1) is 13.5. The summed E-state index contributed by atoms with van der Waals surface area (Å²) in [5.41, 5.74) is 1.10. The van der Waals surface area contributed by atoms with E-state index in [0.717, 1.165) is 5.39 Å². The maximum Gasteiger partial charge on any atom is 0.261 e. The second-order valence-electron chi connectivity index (χ2n) is 4.55. The van der Waals surface area contributed by atoms with Gasteiger partial charge in [0.1, 0.15) is 5.82 Å². The molecule has 21 heavy (non-hydrogen) atoms. The highest BCUT2D eigenvalue weighted by Crippen LogP contribution is 2.26. The summed E-state index contributed by atoms with van der Waals surface area (Å²) in [5, 5.41) is 1.34. The van der Waals surface area contributed by atoms with E-state index in [1.165, 1.54) is 4.90 Å². The number of nitrogens with zero attached hydrogens (tertiary/aromatic N) is 3. The molecule has 3 rings (SSSR count). The summed E-state index contributed by atoms with van der Waals surface area (Å²) in [4.78, 5) is 22.6. The molecule has 4 nitrogen and oxygen atoms in total. The topological polar surface area (TPSA) is 46.1 Å². The van der Waals surface area contributed by atoms with Crippen LogP contribution in [-0.2, 0) is 0 Å². The van der Waals surface area contributed by atoms with Crippen molar-refractivity contribution in [2.24, 2.45) is 0 Å². The number of rotatable bonds is 2. The molecule has 0 saturated heterocycles. The van der Waals surface area contributed by atoms with Crippen LogP contribution in [0, 0.1) is 0 Å². The van der Waals surface area contributed by atoms with Crippen LogP contribution in [0.2, 0.25) is 5.02 Å². The Bertz CT molecular complexity index is 805. The Labute approximate surface area is 127 Å². The zero-order valence-electron chi connectivity index (χ0n) is 11.3. The SMILES string of the molecule is CN(C(=O)c1ccc(Cl)c2cccnc12)c1ccccn1. The molecule has 1 amide bonds. The van der Waals surface area contributed by atoms with Crippen molar-refractivity contribution in [1.29, 1.82) is 0 Å². The number of aromatic nitrogens is 2. The predicted octanol–water partition coefficient (Wildman–Crippen LogP) is 3.56. The molecule has 0 N–H and O–H groups in total. The van der Waals surface area contributed by atoms with Gasteiger partial charge in [-0.1, -0.05) is 17.7 Å². The van der Waals surface area contributed by atoms with E-state index in [-0.39, 0.29) is 5.91 Å². The van der Waals surface area contributed by atoms with Crippen LogP contribution < -0.4 is 4.90 Å². The van der Waals surface area contributed by atoms with E-state index in [9.17, 15) is 4.79 Å². The van der Waals surface area contributed by atoms with Crippen LogP contribution in [0.4, 0.5) is 5.82 Å². The Morgan fingerprint density at radius 3 is 2.62 bits per heavy atom. The average molecular weight is 298 g/mol. The van der Waals surface area contributed by atoms with Gasteiger partial charge in [-0.05, 0) is 36.4 Å². The van der Waals surface area contributed by atoms with Gasteiger partial charge in [0.05, 0.1) is 16.1 Å². The summed E-state index contributed by atoms with van der Waals surface area (Å²) in [6.45, 7) is 0. The van der Waals surface area contributed by atoms with Crippen LogP contribution in [0.15, 0.2) is 54.9 Å². The molecule has 0 aliphatic heterocycles. The van der Waals surface area contributed by atoms with Crippen molar-refractivity contribution in [3.63, 3.8) is 0 Å². The highest BCUT2D eigenvalue weighted by molar-refractivity contribution is 6.36. The smallest absolute Gasteiger partial charge is 0.261 e. The van der Waals surface area contributed by atoms with Gasteiger partial charge in [0, 0.05) is 24.8 Å². The molecule has 0 fully saturated rings. The standard InChI is InChI=1S/C16H12ClN3O/c1-20(14-6-2-3-9-18-14)16(21)12-7-8-13(17)11-5-4-10-19-15(11)12/h2-10H,1H3. The number of fused-ring (bicyclic) bond motifs is 1. The fourth-order valence-corrected chi connectivity index (χ4v) is 2.36. The van der Waals surface area contributed by atoms with Crippen LogP contribution in [0.1, 0.15) is 10.4 Å². The number of carbonyl (C=O) groups excluding carboxylic acids is 1. The van der Waals surface area contributed by atoms with Gasteiger partial charge in [0.15, 0.2) is 0 Å². The van der Waals surface area contributed by atoms with Gasteiger partial charge in [-0.3, -0.25) is 14.7 Å². The molecule has 0 unspecified atom stereocenters. The van der Waals surface area contributed by atoms with Crippen molar-refractivity contribution in [3.8, 4) is 0 Å². The lowest BCUT2D eigenvalue weighted by Gasteiger charge is -2.17. The number of amides is 1. The van der Waals surface area contributed by atoms with E-state index < -0.39 is 0 Å². The first-order valence-electron chi connectivity index (χ1n) is 6.41. The number of pyridine rings is 2. The molecule has 0 aliphatic rings. The normalized spacial score (nSPS) is 10.6. The van der Waals surface area contributed by atoms with E-state index in [1.807, 2.05) is 12.1 Å². The third kappa shape index (κ3) is 2.45. The molecule has 1 aromatic carbocycles. The zero-order valence-corrected chi connectivity index (χ0v) is 12.1. The van der Waals surface area contributed by atoms with Crippen molar-refractivity contribution in [2.45, 2.75) is 0 Å². The van der Waals surface area contributed by atoms with Crippen LogP contribution in [0.25, 0.3) is 10.9 Å². The fraction of sp³-hybridized carbons (Fsp3) is 0.0625. The Balaban J connectivity index is 2.09. The molecule has 0 saturated carbocycles. The minimum Gasteiger partial charge on any atom is -0.296 e. The summed E-state index contributed by atoms with van der Waals surface area (Å²) in [6, 6.07) is 12.5. The van der Waals surface area contributed by atoms with Crippen LogP contribution in [-0.4, -0.2) is 22.9 Å². The first-order valence-corrected chi connectivity index (χ1v) is 6.78. The first-order chi connectivity index (χ1) is 10.2. The number of anilines is 1. The molecule has 0 spiro atoms. The van der Waals surface area contributed by atoms with Crippen LogP contribution >= 0.6 is 11.6 Å². The highest BCUT2D eigenvalue weighted by Gasteiger charge is 2.18. The summed E-state index contributed by atoms with van der Waals surface area (Å²) in [7, 11) is 1.69. The van der Waals surface area contributed by atoms with Gasteiger partial charge in [0.2, 0.25) is 0 Å². The van der Waals surface area contributed by atoms with E-state index in [4.69, 9.17) is 11.6 Å². The molecule has 3 aromatic rings. The molecule has 0 aliphatic carbocycles. The number of carbonyl (C=O) groups is 1. The number of hydrogen-bond donors (Lipinski definition) is 0. The Morgan fingerprint density at radius 1 is 1.05 bits per heavy atom. The van der Waals surface area contributed by atoms with Gasteiger partial charge in [-0.2, -0.15) is 0 Å². The molecular formula is C16H12ClN3O. The maximum atomic E-state index is 12.7. The summed E-state index contributed by atoms with van der Waals surface area (Å²) in [5.74, 6) is 0.413. The Hall–Kier alpha value is -2.46. The van der Waals surface area contributed by atoms with Crippen LogP contribution in [0.5, 0.6) is 0 Å². The van der Waals surface area contributed by atoms with Gasteiger partial charge in [-0.25, -0.2) is 4.98 Å². The van der Waals surface area contributed by atoms with E-state index >= 15 is 0 Å². The summed E-state index contributed by atoms with van der Waals surface area (Å²) >= 11 is 6.15. The Morgan fingerprint density at radius 2 is 1.86 bits per heavy atom. The van der Waals surface area contributed by atoms with E-state index in [1.54, 1.807) is 49.8 Å². The number of benzene rings is 1. The van der Waals surface area contributed by atoms with Crippen molar-refractivity contribution in [3.05, 3.63) is 65.4 Å². The van der Waals surface area contributed by atoms with Crippen molar-refractivity contribution in [1.82, 2.24) is 9.97 Å². The third-order valence-electron chi connectivity index (χ3n) is 3.24. The van der Waals surface area contributed by atoms with Gasteiger partial charge < -0.3 is 0 Å². The molecule has 2 heterocycles. The Kier molecular flexibility index (Phi) is 3.54. The molecule has 104 valence electrons. The summed E-state index contributed by atoms with van der Waals surface area (Å²) < 4.78 is 0. The number of halogens is 1. The van der Waals surface area contributed by atoms with Crippen LogP contribution in [0.3, 0.4) is 0 Å².